The van der Waals surface area contributed by atoms with Gasteiger partial charge in [-0.3, -0.25) is 4.57 Å². The second-order valence-corrected chi connectivity index (χ2v) is 4.28. The quantitative estimate of drug-likeness (QED) is 0.867. The molecule has 0 saturated heterocycles. The third-order valence-electron chi connectivity index (χ3n) is 2.70. The lowest BCUT2D eigenvalue weighted by molar-refractivity contribution is -0.146. The number of imidazole rings is 1. The number of nitrogens with zero attached hydrogens (tertiary/aromatic N) is 2. The summed E-state index contributed by atoms with van der Waals surface area (Å²) in [7, 11) is 0. The van der Waals surface area contributed by atoms with E-state index in [-0.39, 0.29) is 11.9 Å². The van der Waals surface area contributed by atoms with Crippen LogP contribution in [0, 0.1) is 0 Å². The smallest absolute Gasteiger partial charge is 0.328 e. The number of ether oxygens (including phenoxy) is 1. The predicted octanol–water partition coefficient (Wildman–Crippen LogP) is 2.40. The van der Waals surface area contributed by atoms with Crippen molar-refractivity contribution >= 4 is 34.6 Å². The lowest BCUT2D eigenvalue weighted by Gasteiger charge is -2.14. The molecule has 1 heterocycles. The van der Waals surface area contributed by atoms with Gasteiger partial charge in [0.1, 0.15) is 6.04 Å². The number of esters is 1. The molecule has 1 aromatic carbocycles. The van der Waals surface area contributed by atoms with Crippen molar-refractivity contribution in [3.63, 3.8) is 0 Å². The van der Waals surface area contributed by atoms with E-state index in [1.54, 1.807) is 36.6 Å². The van der Waals surface area contributed by atoms with Crippen LogP contribution in [-0.4, -0.2) is 22.1 Å². The fourth-order valence-electron chi connectivity index (χ4n) is 1.88. The molecule has 0 saturated carbocycles. The van der Waals surface area contributed by atoms with E-state index in [0.29, 0.717) is 22.7 Å². The van der Waals surface area contributed by atoms with E-state index in [1.807, 2.05) is 0 Å². The summed E-state index contributed by atoms with van der Waals surface area (Å²) in [5.74, 6) is -0.109. The van der Waals surface area contributed by atoms with E-state index in [4.69, 9.17) is 22.1 Å². The van der Waals surface area contributed by atoms with Crippen molar-refractivity contribution in [3.8, 4) is 0 Å². The Morgan fingerprint density at radius 3 is 3.00 bits per heavy atom. The summed E-state index contributed by atoms with van der Waals surface area (Å²) in [6.45, 7) is 3.79. The van der Waals surface area contributed by atoms with Crippen molar-refractivity contribution in [1.82, 2.24) is 9.55 Å². The Morgan fingerprint density at radius 1 is 1.61 bits per heavy atom. The summed E-state index contributed by atoms with van der Waals surface area (Å²) in [6.07, 6.45) is 0. The molecule has 1 aromatic heterocycles. The standard InChI is InChI=1S/C12H14ClN3O2/c1-3-18-11(17)7(2)16-10-8(13)5-4-6-9(10)15-12(16)14/h4-7H,3H2,1-2H3,(H2,14,15). The number of nitrogens with two attached hydrogens (primary N) is 1. The molecule has 0 amide bonds. The molecule has 96 valence electrons. The van der Waals surface area contributed by atoms with Crippen molar-refractivity contribution in [3.05, 3.63) is 23.2 Å². The lowest BCUT2D eigenvalue weighted by atomic mass is 10.2. The Balaban J connectivity index is 2.56. The maximum absolute atomic E-state index is 11.8. The highest BCUT2D eigenvalue weighted by atomic mass is 35.5. The van der Waals surface area contributed by atoms with Gasteiger partial charge in [-0.05, 0) is 26.0 Å². The monoisotopic (exact) mass is 267 g/mol. The lowest BCUT2D eigenvalue weighted by Crippen LogP contribution is -2.20. The number of anilines is 1. The highest BCUT2D eigenvalue weighted by molar-refractivity contribution is 6.35. The van der Waals surface area contributed by atoms with Gasteiger partial charge in [-0.15, -0.1) is 0 Å². The number of hydrogen-bond donors (Lipinski definition) is 1. The predicted molar refractivity (Wildman–Crippen MR) is 70.5 cm³/mol. The molecule has 1 atom stereocenters. The van der Waals surface area contributed by atoms with Crippen molar-refractivity contribution in [2.24, 2.45) is 0 Å². The van der Waals surface area contributed by atoms with Crippen molar-refractivity contribution in [2.45, 2.75) is 19.9 Å². The number of para-hydroxylation sites is 1. The first-order valence-electron chi connectivity index (χ1n) is 5.64. The number of halogens is 1. The van der Waals surface area contributed by atoms with Gasteiger partial charge in [0, 0.05) is 0 Å². The number of aromatic nitrogens is 2. The molecule has 0 radical (unpaired) electrons. The molecule has 0 aliphatic carbocycles. The van der Waals surface area contributed by atoms with Crippen LogP contribution >= 0.6 is 11.6 Å². The van der Waals surface area contributed by atoms with Gasteiger partial charge in [-0.25, -0.2) is 9.78 Å². The highest BCUT2D eigenvalue weighted by Gasteiger charge is 2.22. The number of carbonyl (C=O) groups excluding carboxylic acids is 1. The average molecular weight is 268 g/mol. The van der Waals surface area contributed by atoms with Crippen LogP contribution in [0.25, 0.3) is 11.0 Å². The molecular formula is C12H14ClN3O2. The molecule has 5 nitrogen and oxygen atoms in total. The minimum atomic E-state index is -0.560. The molecule has 0 spiro atoms. The van der Waals surface area contributed by atoms with Gasteiger partial charge in [0.2, 0.25) is 5.95 Å². The van der Waals surface area contributed by atoms with Crippen molar-refractivity contribution < 1.29 is 9.53 Å². The zero-order valence-electron chi connectivity index (χ0n) is 10.2. The zero-order valence-corrected chi connectivity index (χ0v) is 10.9. The van der Waals surface area contributed by atoms with Crippen LogP contribution in [0.2, 0.25) is 5.02 Å². The van der Waals surface area contributed by atoms with E-state index in [9.17, 15) is 4.79 Å². The molecule has 2 N–H and O–H groups in total. The summed E-state index contributed by atoms with van der Waals surface area (Å²) < 4.78 is 6.58. The van der Waals surface area contributed by atoms with E-state index in [1.165, 1.54) is 0 Å². The Morgan fingerprint density at radius 2 is 2.33 bits per heavy atom. The summed E-state index contributed by atoms with van der Waals surface area (Å²) in [5.41, 5.74) is 7.16. The van der Waals surface area contributed by atoms with E-state index >= 15 is 0 Å². The highest BCUT2D eigenvalue weighted by Crippen LogP contribution is 2.29. The number of hydrogen-bond acceptors (Lipinski definition) is 4. The molecule has 0 aliphatic heterocycles. The first kappa shape index (κ1) is 12.7. The minimum Gasteiger partial charge on any atom is -0.464 e. The molecule has 1 unspecified atom stereocenters. The molecular weight excluding hydrogens is 254 g/mol. The first-order chi connectivity index (χ1) is 8.56. The van der Waals surface area contributed by atoms with Crippen LogP contribution in [0.5, 0.6) is 0 Å². The Hall–Kier alpha value is -1.75. The fourth-order valence-corrected chi connectivity index (χ4v) is 2.15. The van der Waals surface area contributed by atoms with Gasteiger partial charge in [-0.2, -0.15) is 0 Å². The van der Waals surface area contributed by atoms with E-state index in [0.717, 1.165) is 0 Å². The van der Waals surface area contributed by atoms with Gasteiger partial charge in [0.15, 0.2) is 0 Å². The molecule has 2 aromatic rings. The largest absolute Gasteiger partial charge is 0.464 e. The summed E-state index contributed by atoms with van der Waals surface area (Å²) in [5, 5.41) is 0.507. The number of nitrogen functional groups attached to an aromatic ring is 1. The van der Waals surface area contributed by atoms with E-state index < -0.39 is 6.04 Å². The van der Waals surface area contributed by atoms with Crippen LogP contribution in [-0.2, 0) is 9.53 Å². The molecule has 6 heteroatoms. The number of fused-ring (bicyclic) bond motifs is 1. The van der Waals surface area contributed by atoms with Crippen molar-refractivity contribution in [2.75, 3.05) is 12.3 Å². The second kappa shape index (κ2) is 4.86. The average Bonchev–Trinajstić information content (AvgIpc) is 2.66. The van der Waals surface area contributed by atoms with E-state index in [2.05, 4.69) is 4.98 Å². The number of carbonyl (C=O) groups is 1. The maximum Gasteiger partial charge on any atom is 0.328 e. The normalized spacial score (nSPS) is 12.6. The topological polar surface area (TPSA) is 70.1 Å². The maximum atomic E-state index is 11.8. The van der Waals surface area contributed by atoms with Gasteiger partial charge < -0.3 is 10.5 Å². The fraction of sp³-hybridized carbons (Fsp3) is 0.333. The first-order valence-corrected chi connectivity index (χ1v) is 6.02. The number of benzene rings is 1. The van der Waals surface area contributed by atoms with Gasteiger partial charge in [-0.1, -0.05) is 17.7 Å². The summed E-state index contributed by atoms with van der Waals surface area (Å²) in [6, 6.07) is 4.76. The SMILES string of the molecule is CCOC(=O)C(C)n1c(N)nc2cccc(Cl)c21. The zero-order chi connectivity index (χ0) is 13.3. The summed E-state index contributed by atoms with van der Waals surface area (Å²) in [4.78, 5) is 16.0. The minimum absolute atomic E-state index is 0.249. The third-order valence-corrected chi connectivity index (χ3v) is 3.01. The Labute approximate surface area is 109 Å². The summed E-state index contributed by atoms with van der Waals surface area (Å²) >= 11 is 6.13. The van der Waals surface area contributed by atoms with Crippen LogP contribution in [0.3, 0.4) is 0 Å². The molecule has 0 bridgehead atoms. The third kappa shape index (κ3) is 2.01. The Kier molecular flexibility index (Phi) is 3.43. The van der Waals surface area contributed by atoms with Crippen molar-refractivity contribution in [1.29, 1.82) is 0 Å². The van der Waals surface area contributed by atoms with Crippen LogP contribution in [0.4, 0.5) is 5.95 Å². The molecule has 18 heavy (non-hydrogen) atoms. The molecule has 2 rings (SSSR count). The molecule has 0 aliphatic rings. The Bertz CT molecular complexity index is 594. The van der Waals surface area contributed by atoms with Crippen LogP contribution in [0.1, 0.15) is 19.9 Å². The van der Waals surface area contributed by atoms with Gasteiger partial charge >= 0.3 is 5.97 Å². The van der Waals surface area contributed by atoms with Crippen LogP contribution < -0.4 is 5.73 Å². The van der Waals surface area contributed by atoms with Gasteiger partial charge in [0.05, 0.1) is 22.7 Å². The molecule has 0 fully saturated rings. The second-order valence-electron chi connectivity index (χ2n) is 3.88. The van der Waals surface area contributed by atoms with Crippen LogP contribution in [0.15, 0.2) is 18.2 Å². The number of rotatable bonds is 3. The van der Waals surface area contributed by atoms with Gasteiger partial charge in [0.25, 0.3) is 0 Å².